The van der Waals surface area contributed by atoms with Gasteiger partial charge in [0, 0.05) is 44.5 Å². The summed E-state index contributed by atoms with van der Waals surface area (Å²) in [6.45, 7) is 6.16. The van der Waals surface area contributed by atoms with E-state index in [9.17, 15) is 0 Å². The second-order valence-electron chi connectivity index (χ2n) is 7.76. The van der Waals surface area contributed by atoms with Gasteiger partial charge in [-0.05, 0) is 29.8 Å². The van der Waals surface area contributed by atoms with Crippen molar-refractivity contribution in [2.24, 2.45) is 0 Å². The molecule has 5 rings (SSSR count). The number of rotatable bonds is 9. The molecule has 1 fully saturated rings. The minimum Gasteiger partial charge on any atom is -0.497 e. The molecule has 1 aromatic carbocycles. The zero-order valence-electron chi connectivity index (χ0n) is 18.5. The first-order valence-electron chi connectivity index (χ1n) is 11.0. The van der Waals surface area contributed by atoms with E-state index in [-0.39, 0.29) is 0 Å². The number of hydrogen-bond acceptors (Lipinski definition) is 9. The van der Waals surface area contributed by atoms with Crippen LogP contribution in [0.15, 0.2) is 48.8 Å². The first kappa shape index (κ1) is 21.6. The van der Waals surface area contributed by atoms with Crippen LogP contribution in [0.1, 0.15) is 5.56 Å². The Bertz CT molecular complexity index is 1170. The molecule has 4 heterocycles. The van der Waals surface area contributed by atoms with E-state index in [4.69, 9.17) is 14.6 Å². The van der Waals surface area contributed by atoms with E-state index in [1.807, 2.05) is 47.2 Å². The van der Waals surface area contributed by atoms with Crippen LogP contribution in [-0.4, -0.2) is 71.0 Å². The Hall–Kier alpha value is -3.21. The summed E-state index contributed by atoms with van der Waals surface area (Å²) in [4.78, 5) is 12.3. The van der Waals surface area contributed by atoms with Crippen molar-refractivity contribution in [3.05, 3.63) is 54.4 Å². The van der Waals surface area contributed by atoms with Crippen LogP contribution in [-0.2, 0) is 11.3 Å². The molecule has 0 atom stereocenters. The molecule has 2 N–H and O–H groups in total. The Morgan fingerprint density at radius 1 is 1.03 bits per heavy atom. The number of methoxy groups -OCH3 is 1. The van der Waals surface area contributed by atoms with E-state index >= 15 is 0 Å². The molecule has 4 aromatic rings. The number of anilines is 2. The number of fused-ring (bicyclic) bond motifs is 1. The van der Waals surface area contributed by atoms with Gasteiger partial charge in [-0.3, -0.25) is 4.90 Å². The van der Waals surface area contributed by atoms with Gasteiger partial charge in [-0.1, -0.05) is 23.5 Å². The zero-order chi connectivity index (χ0) is 22.5. The highest BCUT2D eigenvalue weighted by Crippen LogP contribution is 2.26. The van der Waals surface area contributed by atoms with Crippen molar-refractivity contribution in [2.75, 3.05) is 57.1 Å². The highest BCUT2D eigenvalue weighted by molar-refractivity contribution is 7.20. The van der Waals surface area contributed by atoms with Crippen LogP contribution in [0.3, 0.4) is 0 Å². The molecule has 0 amide bonds. The lowest BCUT2D eigenvalue weighted by atomic mass is 10.2. The molecule has 1 aliphatic heterocycles. The highest BCUT2D eigenvalue weighted by Gasteiger charge is 2.13. The van der Waals surface area contributed by atoms with Gasteiger partial charge in [-0.2, -0.15) is 0 Å². The monoisotopic (exact) mass is 465 g/mol. The Balaban J connectivity index is 1.19. The quantitative estimate of drug-likeness (QED) is 0.390. The minimum absolute atomic E-state index is 0.683. The lowest BCUT2D eigenvalue weighted by molar-refractivity contribution is 0.0398. The number of morpholine rings is 1. The summed E-state index contributed by atoms with van der Waals surface area (Å²) in [5, 5.41) is 12.3. The fourth-order valence-corrected chi connectivity index (χ4v) is 4.47. The number of hydrogen-bond donors (Lipinski definition) is 2. The lowest BCUT2D eigenvalue weighted by Crippen LogP contribution is -2.39. The van der Waals surface area contributed by atoms with E-state index in [1.54, 1.807) is 7.11 Å². The molecular formula is C23H27N7O2S. The Labute approximate surface area is 196 Å². The van der Waals surface area contributed by atoms with Gasteiger partial charge in [-0.15, -0.1) is 5.10 Å². The van der Waals surface area contributed by atoms with Gasteiger partial charge in [0.15, 0.2) is 0 Å². The topological polar surface area (TPSA) is 88.8 Å². The summed E-state index contributed by atoms with van der Waals surface area (Å²) in [5.41, 5.74) is 3.06. The van der Waals surface area contributed by atoms with Crippen molar-refractivity contribution in [1.29, 1.82) is 0 Å². The van der Waals surface area contributed by atoms with E-state index in [1.165, 1.54) is 11.3 Å². The molecular weight excluding hydrogens is 438 g/mol. The fourth-order valence-electron chi connectivity index (χ4n) is 3.70. The van der Waals surface area contributed by atoms with Gasteiger partial charge in [0.2, 0.25) is 10.1 Å². The number of aromatic nitrogens is 4. The van der Waals surface area contributed by atoms with Crippen molar-refractivity contribution in [3.8, 4) is 17.0 Å². The van der Waals surface area contributed by atoms with Crippen LogP contribution in [0.2, 0.25) is 0 Å². The maximum atomic E-state index is 5.39. The van der Waals surface area contributed by atoms with E-state index < -0.39 is 0 Å². The third-order valence-electron chi connectivity index (χ3n) is 5.59. The molecule has 0 unspecified atom stereocenters. The Morgan fingerprint density at radius 3 is 2.64 bits per heavy atom. The largest absolute Gasteiger partial charge is 0.497 e. The van der Waals surface area contributed by atoms with Crippen molar-refractivity contribution >= 4 is 27.2 Å². The molecule has 1 saturated heterocycles. The van der Waals surface area contributed by atoms with Crippen molar-refractivity contribution in [3.63, 3.8) is 0 Å². The smallest absolute Gasteiger partial charge is 0.214 e. The Morgan fingerprint density at radius 2 is 1.88 bits per heavy atom. The molecule has 33 heavy (non-hydrogen) atoms. The zero-order valence-corrected chi connectivity index (χ0v) is 19.3. The summed E-state index contributed by atoms with van der Waals surface area (Å²) in [5.74, 6) is 1.72. The van der Waals surface area contributed by atoms with Crippen molar-refractivity contribution in [1.82, 2.24) is 24.5 Å². The number of imidazole rings is 1. The van der Waals surface area contributed by atoms with Crippen LogP contribution < -0.4 is 15.4 Å². The van der Waals surface area contributed by atoms with Gasteiger partial charge in [0.25, 0.3) is 0 Å². The summed E-state index contributed by atoms with van der Waals surface area (Å²) in [6, 6.07) is 12.0. The fraction of sp³-hybridized carbons (Fsp3) is 0.348. The SMILES string of the molecule is COc1ccc(CNc2nn3c(-c4ccc(NCCN5CCOCC5)nc4)cnc3s2)cc1. The van der Waals surface area contributed by atoms with Gasteiger partial charge in [0.1, 0.15) is 11.6 Å². The molecule has 10 heteroatoms. The molecule has 0 saturated carbocycles. The molecule has 0 bridgehead atoms. The van der Waals surface area contributed by atoms with Gasteiger partial charge in [-0.25, -0.2) is 14.5 Å². The highest BCUT2D eigenvalue weighted by atomic mass is 32.1. The van der Waals surface area contributed by atoms with Crippen LogP contribution in [0, 0.1) is 0 Å². The molecule has 172 valence electrons. The molecule has 3 aromatic heterocycles. The van der Waals surface area contributed by atoms with Crippen molar-refractivity contribution in [2.45, 2.75) is 6.54 Å². The number of benzene rings is 1. The van der Waals surface area contributed by atoms with Gasteiger partial charge < -0.3 is 20.1 Å². The molecule has 0 radical (unpaired) electrons. The summed E-state index contributed by atoms with van der Waals surface area (Å²) < 4.78 is 12.5. The first-order valence-corrected chi connectivity index (χ1v) is 11.8. The molecule has 1 aliphatic rings. The van der Waals surface area contributed by atoms with E-state index in [2.05, 4.69) is 31.6 Å². The normalized spacial score (nSPS) is 14.5. The van der Waals surface area contributed by atoms with E-state index in [0.29, 0.717) is 6.54 Å². The molecule has 0 spiro atoms. The predicted octanol–water partition coefficient (Wildman–Crippen LogP) is 3.22. The first-order chi connectivity index (χ1) is 16.3. The second kappa shape index (κ2) is 10.2. The Kier molecular flexibility index (Phi) is 6.66. The lowest BCUT2D eigenvalue weighted by Gasteiger charge is -2.26. The average Bonchev–Trinajstić information content (AvgIpc) is 3.45. The number of nitrogens with zero attached hydrogens (tertiary/aromatic N) is 5. The summed E-state index contributed by atoms with van der Waals surface area (Å²) in [6.07, 6.45) is 3.71. The average molecular weight is 466 g/mol. The van der Waals surface area contributed by atoms with Crippen molar-refractivity contribution < 1.29 is 9.47 Å². The number of ether oxygens (including phenoxy) is 2. The second-order valence-corrected chi connectivity index (χ2v) is 8.72. The molecule has 9 nitrogen and oxygen atoms in total. The summed E-state index contributed by atoms with van der Waals surface area (Å²) in [7, 11) is 1.67. The van der Waals surface area contributed by atoms with Crippen LogP contribution in [0.5, 0.6) is 5.75 Å². The molecule has 0 aliphatic carbocycles. The minimum atomic E-state index is 0.683. The predicted molar refractivity (Wildman–Crippen MR) is 130 cm³/mol. The van der Waals surface area contributed by atoms with Gasteiger partial charge in [0.05, 0.1) is 32.2 Å². The van der Waals surface area contributed by atoms with Crippen LogP contribution in [0.4, 0.5) is 10.9 Å². The maximum absolute atomic E-state index is 5.39. The summed E-state index contributed by atoms with van der Waals surface area (Å²) >= 11 is 1.53. The van der Waals surface area contributed by atoms with Crippen LogP contribution >= 0.6 is 11.3 Å². The van der Waals surface area contributed by atoms with Crippen LogP contribution in [0.25, 0.3) is 16.2 Å². The maximum Gasteiger partial charge on any atom is 0.214 e. The number of nitrogens with one attached hydrogen (secondary N) is 2. The number of pyridine rings is 1. The van der Waals surface area contributed by atoms with E-state index in [0.717, 1.165) is 77.9 Å². The van der Waals surface area contributed by atoms with Gasteiger partial charge >= 0.3 is 0 Å². The third-order valence-corrected chi connectivity index (χ3v) is 6.47. The standard InChI is InChI=1S/C23H27N7O2S/c1-31-19-5-2-17(3-6-19)14-26-22-28-30-20(16-27-23(30)33-22)18-4-7-21(25-15-18)24-8-9-29-10-12-32-13-11-29/h2-7,15-16H,8-14H2,1H3,(H,24,25)(H,26,28). The third kappa shape index (κ3) is 5.24.